The molecule has 0 aliphatic heterocycles. The maximum atomic E-state index is 11.9. The molecule has 8 nitrogen and oxygen atoms in total. The number of tetrazole rings is 1. The van der Waals surface area contributed by atoms with E-state index in [9.17, 15) is 9.90 Å². The number of ketones is 1. The molecule has 0 spiro atoms. The van der Waals surface area contributed by atoms with Crippen LogP contribution in [0.15, 0.2) is 47.3 Å². The number of nitrogens with one attached hydrogen (secondary N) is 1. The summed E-state index contributed by atoms with van der Waals surface area (Å²) in [6.45, 7) is 0. The third-order valence-electron chi connectivity index (χ3n) is 3.41. The van der Waals surface area contributed by atoms with Gasteiger partial charge in [0.05, 0.1) is 18.9 Å². The molecule has 122 valence electrons. The number of H-pyrrole nitrogens is 1. The van der Waals surface area contributed by atoms with Crippen LogP contribution < -0.4 is 4.74 Å². The summed E-state index contributed by atoms with van der Waals surface area (Å²) >= 11 is 0. The van der Waals surface area contributed by atoms with Crippen molar-refractivity contribution in [3.05, 3.63) is 65.4 Å². The normalized spacial score (nSPS) is 11.5. The molecule has 2 N–H and O–H groups in total. The Morgan fingerprint density at radius 1 is 1.33 bits per heavy atom. The molecule has 2 heterocycles. The van der Waals surface area contributed by atoms with Crippen molar-refractivity contribution in [2.45, 2.75) is 6.42 Å². The third kappa shape index (κ3) is 3.32. The molecule has 3 aromatic rings. The molecule has 1 aromatic carbocycles. The van der Waals surface area contributed by atoms with Gasteiger partial charge in [-0.2, -0.15) is 5.21 Å². The highest BCUT2D eigenvalue weighted by Gasteiger charge is 2.14. The van der Waals surface area contributed by atoms with E-state index in [1.54, 1.807) is 7.11 Å². The van der Waals surface area contributed by atoms with Gasteiger partial charge in [-0.3, -0.25) is 4.79 Å². The number of furan rings is 1. The number of carbonyl (C=O) groups excluding carboxylic acids is 1. The van der Waals surface area contributed by atoms with Crippen LogP contribution >= 0.6 is 0 Å². The van der Waals surface area contributed by atoms with E-state index in [-0.39, 0.29) is 11.6 Å². The molecule has 0 fully saturated rings. The lowest BCUT2D eigenvalue weighted by Crippen LogP contribution is -2.00. The SMILES string of the molecule is COc1ccc(Cc2cocc2C(O)=CC(=O)c2nn[nH]n2)cc1. The number of hydrogen-bond donors (Lipinski definition) is 2. The Morgan fingerprint density at radius 2 is 2.12 bits per heavy atom. The average Bonchev–Trinajstić information content (AvgIpc) is 3.27. The molecular weight excluding hydrogens is 312 g/mol. The van der Waals surface area contributed by atoms with E-state index in [1.807, 2.05) is 24.3 Å². The number of aliphatic hydroxyl groups is 1. The van der Waals surface area contributed by atoms with Crippen LogP contribution in [-0.4, -0.2) is 38.6 Å². The van der Waals surface area contributed by atoms with E-state index in [2.05, 4.69) is 20.6 Å². The van der Waals surface area contributed by atoms with Crippen molar-refractivity contribution in [2.75, 3.05) is 7.11 Å². The number of aromatic nitrogens is 4. The Labute approximate surface area is 136 Å². The van der Waals surface area contributed by atoms with E-state index >= 15 is 0 Å². The molecule has 0 saturated carbocycles. The molecular formula is C16H14N4O4. The summed E-state index contributed by atoms with van der Waals surface area (Å²) < 4.78 is 10.3. The second kappa shape index (κ2) is 6.78. The number of aromatic amines is 1. The van der Waals surface area contributed by atoms with Crippen LogP contribution in [0.3, 0.4) is 0 Å². The standard InChI is InChI=1S/C16H14N4O4/c1-23-12-4-2-10(3-5-12)6-11-8-24-9-13(11)14(21)7-15(22)16-17-19-20-18-16/h2-5,7-9,21H,6H2,1H3,(H,17,18,19,20). The minimum Gasteiger partial charge on any atom is -0.507 e. The van der Waals surface area contributed by atoms with Gasteiger partial charge >= 0.3 is 0 Å². The molecule has 2 aromatic heterocycles. The number of carbonyl (C=O) groups is 1. The van der Waals surface area contributed by atoms with Crippen molar-refractivity contribution in [2.24, 2.45) is 0 Å². The van der Waals surface area contributed by atoms with Crippen molar-refractivity contribution in [1.82, 2.24) is 20.6 Å². The smallest absolute Gasteiger partial charge is 0.244 e. The number of ether oxygens (including phenoxy) is 1. The molecule has 3 rings (SSSR count). The summed E-state index contributed by atoms with van der Waals surface area (Å²) in [5, 5.41) is 22.8. The van der Waals surface area contributed by atoms with Crippen LogP contribution in [0.2, 0.25) is 0 Å². The third-order valence-corrected chi connectivity index (χ3v) is 3.41. The van der Waals surface area contributed by atoms with E-state index in [4.69, 9.17) is 9.15 Å². The largest absolute Gasteiger partial charge is 0.507 e. The molecule has 0 bridgehead atoms. The molecule has 0 amide bonds. The fraction of sp³-hybridized carbons (Fsp3) is 0.125. The van der Waals surface area contributed by atoms with Gasteiger partial charge in [0.1, 0.15) is 17.8 Å². The minimum absolute atomic E-state index is 0.123. The molecule has 0 unspecified atom stereocenters. The lowest BCUT2D eigenvalue weighted by Gasteiger charge is -2.04. The first kappa shape index (κ1) is 15.5. The predicted molar refractivity (Wildman–Crippen MR) is 83.6 cm³/mol. The Kier molecular flexibility index (Phi) is 4.37. The first-order chi connectivity index (χ1) is 11.7. The second-order valence-corrected chi connectivity index (χ2v) is 4.96. The van der Waals surface area contributed by atoms with Gasteiger partial charge in [0, 0.05) is 18.1 Å². The highest BCUT2D eigenvalue weighted by Crippen LogP contribution is 2.23. The topological polar surface area (TPSA) is 114 Å². The highest BCUT2D eigenvalue weighted by molar-refractivity contribution is 6.05. The van der Waals surface area contributed by atoms with Crippen LogP contribution in [0, 0.1) is 0 Å². The quantitative estimate of drug-likeness (QED) is 0.405. The van der Waals surface area contributed by atoms with Crippen LogP contribution in [0.4, 0.5) is 0 Å². The first-order valence-corrected chi connectivity index (χ1v) is 7.04. The van der Waals surface area contributed by atoms with Gasteiger partial charge in [-0.25, -0.2) is 0 Å². The van der Waals surface area contributed by atoms with Crippen molar-refractivity contribution >= 4 is 11.5 Å². The summed E-state index contributed by atoms with van der Waals surface area (Å²) in [4.78, 5) is 11.9. The summed E-state index contributed by atoms with van der Waals surface area (Å²) in [6.07, 6.45) is 4.48. The number of methoxy groups -OCH3 is 1. The maximum Gasteiger partial charge on any atom is 0.244 e. The number of benzene rings is 1. The Hall–Kier alpha value is -3.42. The Bertz CT molecular complexity index is 851. The lowest BCUT2D eigenvalue weighted by molar-refractivity contribution is 0.103. The van der Waals surface area contributed by atoms with Crippen LogP contribution in [0.1, 0.15) is 27.3 Å². The van der Waals surface area contributed by atoms with Gasteiger partial charge in [-0.1, -0.05) is 12.1 Å². The number of allylic oxidation sites excluding steroid dienone is 1. The van der Waals surface area contributed by atoms with Gasteiger partial charge < -0.3 is 14.3 Å². The van der Waals surface area contributed by atoms with E-state index in [0.717, 1.165) is 23.0 Å². The van der Waals surface area contributed by atoms with E-state index in [0.29, 0.717) is 12.0 Å². The number of hydrogen-bond acceptors (Lipinski definition) is 7. The van der Waals surface area contributed by atoms with Gasteiger partial charge in [0.2, 0.25) is 11.6 Å². The molecule has 8 heteroatoms. The Balaban J connectivity index is 1.80. The molecule has 0 aliphatic carbocycles. The van der Waals surface area contributed by atoms with Gasteiger partial charge in [-0.05, 0) is 22.9 Å². The average molecular weight is 326 g/mol. The van der Waals surface area contributed by atoms with E-state index < -0.39 is 5.78 Å². The van der Waals surface area contributed by atoms with Gasteiger partial charge in [-0.15, -0.1) is 10.2 Å². The monoisotopic (exact) mass is 326 g/mol. The summed E-state index contributed by atoms with van der Waals surface area (Å²) in [7, 11) is 1.60. The van der Waals surface area contributed by atoms with Crippen LogP contribution in [0.5, 0.6) is 5.75 Å². The van der Waals surface area contributed by atoms with Crippen molar-refractivity contribution in [3.8, 4) is 5.75 Å². The molecule has 0 saturated heterocycles. The number of nitrogens with zero attached hydrogens (tertiary/aromatic N) is 3. The van der Waals surface area contributed by atoms with Crippen LogP contribution in [0.25, 0.3) is 5.76 Å². The zero-order valence-corrected chi connectivity index (χ0v) is 12.8. The minimum atomic E-state index is -0.558. The van der Waals surface area contributed by atoms with Crippen molar-refractivity contribution in [1.29, 1.82) is 0 Å². The van der Waals surface area contributed by atoms with E-state index in [1.165, 1.54) is 12.5 Å². The van der Waals surface area contributed by atoms with Gasteiger partial charge in [0.25, 0.3) is 0 Å². The summed E-state index contributed by atoms with van der Waals surface area (Å²) in [5.41, 5.74) is 2.19. The highest BCUT2D eigenvalue weighted by atomic mass is 16.5. The molecule has 0 radical (unpaired) electrons. The summed E-state index contributed by atoms with van der Waals surface area (Å²) in [6, 6.07) is 7.54. The zero-order chi connectivity index (χ0) is 16.9. The summed E-state index contributed by atoms with van der Waals surface area (Å²) in [5.74, 6) is -0.138. The number of aliphatic hydroxyl groups excluding tert-OH is 1. The second-order valence-electron chi connectivity index (χ2n) is 4.96. The first-order valence-electron chi connectivity index (χ1n) is 7.04. The predicted octanol–water partition coefficient (Wildman–Crippen LogP) is 2.17. The van der Waals surface area contributed by atoms with Gasteiger partial charge in [0.15, 0.2) is 0 Å². The fourth-order valence-electron chi connectivity index (χ4n) is 2.18. The fourth-order valence-corrected chi connectivity index (χ4v) is 2.18. The molecule has 0 aliphatic rings. The lowest BCUT2D eigenvalue weighted by atomic mass is 10.0. The maximum absolute atomic E-state index is 11.9. The van der Waals surface area contributed by atoms with Crippen LogP contribution in [-0.2, 0) is 6.42 Å². The molecule has 24 heavy (non-hydrogen) atoms. The molecule has 0 atom stereocenters. The Morgan fingerprint density at radius 3 is 2.79 bits per heavy atom. The zero-order valence-electron chi connectivity index (χ0n) is 12.8. The van der Waals surface area contributed by atoms with Crippen molar-refractivity contribution < 1.29 is 19.1 Å². The van der Waals surface area contributed by atoms with Crippen molar-refractivity contribution in [3.63, 3.8) is 0 Å². The number of rotatable bonds is 6.